The highest BCUT2D eigenvalue weighted by molar-refractivity contribution is 9.10. The van der Waals surface area contributed by atoms with Gasteiger partial charge in [0.1, 0.15) is 0 Å². The van der Waals surface area contributed by atoms with Gasteiger partial charge in [0.25, 0.3) is 5.91 Å². The number of hydrazone groups is 1. The summed E-state index contributed by atoms with van der Waals surface area (Å²) in [6.45, 7) is 8.39. The SMILES string of the molecule is C=C(C)Cn1c(SCC(=O)N/N=C(/C)c2ccccc2)nnc1-c1ccc(Br)cc1. The molecule has 0 radical (unpaired) electrons. The third-order valence-electron chi connectivity index (χ3n) is 4.12. The van der Waals surface area contributed by atoms with Crippen molar-refractivity contribution in [3.8, 4) is 11.4 Å². The first-order valence-electron chi connectivity index (χ1n) is 9.29. The standard InChI is InChI=1S/C22H22BrN5OS/c1-15(2)13-28-21(18-9-11-19(23)12-10-18)26-27-22(28)30-14-20(29)25-24-16(3)17-7-5-4-6-8-17/h4-12H,1,13-14H2,2-3H3,(H,25,29)/b24-16-. The summed E-state index contributed by atoms with van der Waals surface area (Å²) in [5, 5.41) is 13.5. The molecule has 6 nitrogen and oxygen atoms in total. The lowest BCUT2D eigenvalue weighted by Gasteiger charge is -2.10. The molecule has 3 rings (SSSR count). The number of halogens is 1. The van der Waals surface area contributed by atoms with E-state index in [0.717, 1.165) is 32.7 Å². The number of amides is 1. The van der Waals surface area contributed by atoms with Gasteiger partial charge in [-0.3, -0.25) is 9.36 Å². The highest BCUT2D eigenvalue weighted by Crippen LogP contribution is 2.26. The van der Waals surface area contributed by atoms with Crippen LogP contribution < -0.4 is 5.43 Å². The van der Waals surface area contributed by atoms with E-state index in [4.69, 9.17) is 0 Å². The van der Waals surface area contributed by atoms with Crippen LogP contribution in [0.4, 0.5) is 0 Å². The number of nitrogens with zero attached hydrogens (tertiary/aromatic N) is 4. The molecule has 1 N–H and O–H groups in total. The zero-order valence-corrected chi connectivity index (χ0v) is 19.2. The number of rotatable bonds is 8. The van der Waals surface area contributed by atoms with Crippen molar-refractivity contribution in [2.24, 2.45) is 5.10 Å². The lowest BCUT2D eigenvalue weighted by molar-refractivity contribution is -0.118. The van der Waals surface area contributed by atoms with Gasteiger partial charge in [-0.2, -0.15) is 5.10 Å². The van der Waals surface area contributed by atoms with Gasteiger partial charge in [-0.15, -0.1) is 10.2 Å². The molecule has 1 heterocycles. The van der Waals surface area contributed by atoms with E-state index in [1.807, 2.05) is 73.0 Å². The van der Waals surface area contributed by atoms with Gasteiger partial charge in [0, 0.05) is 16.6 Å². The fraction of sp³-hybridized carbons (Fsp3) is 0.182. The number of hydrogen-bond donors (Lipinski definition) is 1. The largest absolute Gasteiger partial charge is 0.298 e. The lowest BCUT2D eigenvalue weighted by Crippen LogP contribution is -2.21. The van der Waals surface area contributed by atoms with E-state index in [0.29, 0.717) is 11.7 Å². The summed E-state index contributed by atoms with van der Waals surface area (Å²) in [5.41, 5.74) is 6.24. The third kappa shape index (κ3) is 5.90. The van der Waals surface area contributed by atoms with Gasteiger partial charge in [-0.1, -0.05) is 82.3 Å². The fourth-order valence-electron chi connectivity index (χ4n) is 2.67. The van der Waals surface area contributed by atoms with Gasteiger partial charge in [0.15, 0.2) is 11.0 Å². The van der Waals surface area contributed by atoms with Gasteiger partial charge in [-0.25, -0.2) is 5.43 Å². The van der Waals surface area contributed by atoms with Crippen LogP contribution in [-0.2, 0) is 11.3 Å². The molecule has 1 amide bonds. The second-order valence-corrected chi connectivity index (χ2v) is 8.60. The summed E-state index contributed by atoms with van der Waals surface area (Å²) < 4.78 is 2.97. The molecule has 0 aliphatic carbocycles. The summed E-state index contributed by atoms with van der Waals surface area (Å²) in [4.78, 5) is 12.3. The van der Waals surface area contributed by atoms with Crippen LogP contribution in [0.25, 0.3) is 11.4 Å². The molecular weight excluding hydrogens is 462 g/mol. The smallest absolute Gasteiger partial charge is 0.250 e. The van der Waals surface area contributed by atoms with Gasteiger partial charge in [0.2, 0.25) is 0 Å². The van der Waals surface area contributed by atoms with Crippen LogP contribution in [0.1, 0.15) is 19.4 Å². The Bertz CT molecular complexity index is 1060. The Morgan fingerprint density at radius 3 is 2.50 bits per heavy atom. The van der Waals surface area contributed by atoms with Crippen LogP contribution in [0.2, 0.25) is 0 Å². The van der Waals surface area contributed by atoms with E-state index in [1.165, 1.54) is 11.8 Å². The normalized spacial score (nSPS) is 11.4. The van der Waals surface area contributed by atoms with Crippen molar-refractivity contribution in [2.45, 2.75) is 25.5 Å². The number of nitrogens with one attached hydrogen (secondary N) is 1. The van der Waals surface area contributed by atoms with Crippen molar-refractivity contribution in [1.82, 2.24) is 20.2 Å². The minimum Gasteiger partial charge on any atom is -0.298 e. The van der Waals surface area contributed by atoms with Crippen molar-refractivity contribution in [2.75, 3.05) is 5.75 Å². The summed E-state index contributed by atoms with van der Waals surface area (Å²) >= 11 is 4.77. The van der Waals surface area contributed by atoms with Gasteiger partial charge in [-0.05, 0) is 31.5 Å². The summed E-state index contributed by atoms with van der Waals surface area (Å²) in [5.74, 6) is 0.719. The van der Waals surface area contributed by atoms with E-state index < -0.39 is 0 Å². The maximum atomic E-state index is 12.3. The maximum absolute atomic E-state index is 12.3. The molecular formula is C22H22BrN5OS. The Labute approximate surface area is 188 Å². The van der Waals surface area contributed by atoms with Gasteiger partial charge in [0.05, 0.1) is 11.5 Å². The Morgan fingerprint density at radius 2 is 1.83 bits per heavy atom. The molecule has 0 aliphatic heterocycles. The summed E-state index contributed by atoms with van der Waals surface area (Å²) in [7, 11) is 0. The van der Waals surface area contributed by atoms with Crippen LogP contribution in [0.15, 0.2) is 81.5 Å². The highest BCUT2D eigenvalue weighted by atomic mass is 79.9. The van der Waals surface area contributed by atoms with E-state index in [9.17, 15) is 4.79 Å². The number of hydrogen-bond acceptors (Lipinski definition) is 5. The predicted octanol–water partition coefficient (Wildman–Crippen LogP) is 4.92. The number of carbonyl (C=O) groups is 1. The molecule has 3 aromatic rings. The zero-order chi connectivity index (χ0) is 21.5. The first kappa shape index (κ1) is 22.0. The average molecular weight is 484 g/mol. The van der Waals surface area contributed by atoms with Crippen LogP contribution in [0, 0.1) is 0 Å². The van der Waals surface area contributed by atoms with Crippen molar-refractivity contribution >= 4 is 39.3 Å². The summed E-state index contributed by atoms with van der Waals surface area (Å²) in [6, 6.07) is 17.6. The monoisotopic (exact) mass is 483 g/mol. The van der Waals surface area contributed by atoms with E-state index in [-0.39, 0.29) is 11.7 Å². The second kappa shape index (κ2) is 10.4. The zero-order valence-electron chi connectivity index (χ0n) is 16.8. The first-order valence-corrected chi connectivity index (χ1v) is 11.1. The van der Waals surface area contributed by atoms with Crippen LogP contribution in [-0.4, -0.2) is 32.1 Å². The maximum Gasteiger partial charge on any atom is 0.250 e. The van der Waals surface area contributed by atoms with Crippen molar-refractivity contribution in [3.63, 3.8) is 0 Å². The molecule has 0 unspecified atom stereocenters. The third-order valence-corrected chi connectivity index (χ3v) is 5.61. The molecule has 30 heavy (non-hydrogen) atoms. The molecule has 0 saturated heterocycles. The number of allylic oxidation sites excluding steroid dienone is 1. The predicted molar refractivity (Wildman–Crippen MR) is 125 cm³/mol. The minimum absolute atomic E-state index is 0.181. The molecule has 0 aliphatic rings. The Balaban J connectivity index is 1.69. The number of aromatic nitrogens is 3. The highest BCUT2D eigenvalue weighted by Gasteiger charge is 2.16. The van der Waals surface area contributed by atoms with E-state index in [2.05, 4.69) is 43.2 Å². The molecule has 0 atom stereocenters. The van der Waals surface area contributed by atoms with Crippen molar-refractivity contribution < 1.29 is 4.79 Å². The fourth-order valence-corrected chi connectivity index (χ4v) is 3.67. The Morgan fingerprint density at radius 1 is 1.13 bits per heavy atom. The van der Waals surface area contributed by atoms with Crippen LogP contribution in [0.3, 0.4) is 0 Å². The van der Waals surface area contributed by atoms with Crippen LogP contribution in [0.5, 0.6) is 0 Å². The summed E-state index contributed by atoms with van der Waals surface area (Å²) in [6.07, 6.45) is 0. The Kier molecular flexibility index (Phi) is 7.59. The molecule has 2 aromatic carbocycles. The first-order chi connectivity index (χ1) is 14.4. The van der Waals surface area contributed by atoms with Gasteiger partial charge >= 0.3 is 0 Å². The molecule has 0 bridgehead atoms. The second-order valence-electron chi connectivity index (χ2n) is 6.74. The number of thioether (sulfide) groups is 1. The lowest BCUT2D eigenvalue weighted by atomic mass is 10.1. The molecule has 154 valence electrons. The molecule has 8 heteroatoms. The average Bonchev–Trinajstić information content (AvgIpc) is 3.13. The molecule has 0 spiro atoms. The van der Waals surface area contributed by atoms with E-state index in [1.54, 1.807) is 0 Å². The molecule has 0 saturated carbocycles. The number of carbonyl (C=O) groups excluding carboxylic acids is 1. The van der Waals surface area contributed by atoms with Crippen molar-refractivity contribution in [1.29, 1.82) is 0 Å². The molecule has 1 aromatic heterocycles. The van der Waals surface area contributed by atoms with E-state index >= 15 is 0 Å². The quantitative estimate of drug-likeness (QED) is 0.213. The molecule has 0 fully saturated rings. The van der Waals surface area contributed by atoms with Crippen molar-refractivity contribution in [3.05, 3.63) is 76.8 Å². The van der Waals surface area contributed by atoms with Crippen LogP contribution >= 0.6 is 27.7 Å². The number of benzene rings is 2. The topological polar surface area (TPSA) is 72.2 Å². The minimum atomic E-state index is -0.203. The Hall–Kier alpha value is -2.71. The van der Waals surface area contributed by atoms with Gasteiger partial charge < -0.3 is 0 Å².